The van der Waals surface area contributed by atoms with Crippen molar-refractivity contribution in [3.05, 3.63) is 18.2 Å². The van der Waals surface area contributed by atoms with E-state index in [-0.39, 0.29) is 36.2 Å². The lowest BCUT2D eigenvalue weighted by molar-refractivity contribution is -0.130. The van der Waals surface area contributed by atoms with Gasteiger partial charge in [-0.1, -0.05) is 19.3 Å². The van der Waals surface area contributed by atoms with Crippen molar-refractivity contribution < 1.29 is 19.1 Å². The molecule has 0 aromatic heterocycles. The summed E-state index contributed by atoms with van der Waals surface area (Å²) in [6.07, 6.45) is 6.56. The maximum atomic E-state index is 13.1. The Kier molecular flexibility index (Phi) is 8.16. The lowest BCUT2D eigenvalue weighted by Crippen LogP contribution is -2.55. The summed E-state index contributed by atoms with van der Waals surface area (Å²) in [5, 5.41) is 5.99. The van der Waals surface area contributed by atoms with Gasteiger partial charge in [-0.3, -0.25) is 9.59 Å². The Hall–Kier alpha value is -1.99. The number of amides is 2. The largest absolute Gasteiger partial charge is 0.493 e. The molecular formula is C21H32ClN3O4. The zero-order valence-electron chi connectivity index (χ0n) is 17.2. The van der Waals surface area contributed by atoms with Gasteiger partial charge in [0.05, 0.1) is 14.2 Å². The van der Waals surface area contributed by atoms with Gasteiger partial charge in [-0.25, -0.2) is 0 Å². The van der Waals surface area contributed by atoms with E-state index in [0.717, 1.165) is 32.1 Å². The third-order valence-electron chi connectivity index (χ3n) is 6.08. The molecule has 0 bridgehead atoms. The quantitative estimate of drug-likeness (QED) is 0.623. The first kappa shape index (κ1) is 23.3. The fraction of sp³-hybridized carbons (Fsp3) is 0.619. The minimum absolute atomic E-state index is 0. The smallest absolute Gasteiger partial charge is 0.250 e. The van der Waals surface area contributed by atoms with Gasteiger partial charge < -0.3 is 25.8 Å². The van der Waals surface area contributed by atoms with E-state index in [0.29, 0.717) is 36.4 Å². The number of carbonyl (C=O) groups excluding carboxylic acids is 2. The average molecular weight is 426 g/mol. The number of hydrogen-bond acceptors (Lipinski definition) is 5. The summed E-state index contributed by atoms with van der Waals surface area (Å²) in [6.45, 7) is 0. The number of nitrogens with one attached hydrogen (secondary N) is 2. The Bertz CT molecular complexity index is 722. The fourth-order valence-electron chi connectivity index (χ4n) is 4.43. The number of hydrogen-bond donors (Lipinski definition) is 3. The van der Waals surface area contributed by atoms with E-state index in [9.17, 15) is 9.59 Å². The monoisotopic (exact) mass is 425 g/mol. The SMILES string of the molecule is COc1ccc(NC(=O)C2(NC(=O)C[C@@H]3CCC[C@H]3N)CCCC2)cc1OC.Cl. The van der Waals surface area contributed by atoms with E-state index < -0.39 is 5.54 Å². The summed E-state index contributed by atoms with van der Waals surface area (Å²) in [6, 6.07) is 5.32. The van der Waals surface area contributed by atoms with Crippen molar-refractivity contribution >= 4 is 29.9 Å². The van der Waals surface area contributed by atoms with Gasteiger partial charge in [-0.2, -0.15) is 0 Å². The van der Waals surface area contributed by atoms with Crippen molar-refractivity contribution in [2.24, 2.45) is 11.7 Å². The Labute approximate surface area is 178 Å². The van der Waals surface area contributed by atoms with Gasteiger partial charge in [-0.05, 0) is 43.7 Å². The Balaban J connectivity index is 0.00000300. The summed E-state index contributed by atoms with van der Waals surface area (Å²) in [5.74, 6) is 1.10. The molecule has 29 heavy (non-hydrogen) atoms. The highest BCUT2D eigenvalue weighted by molar-refractivity contribution is 6.01. The second-order valence-corrected chi connectivity index (χ2v) is 7.92. The number of rotatable bonds is 7. The highest BCUT2D eigenvalue weighted by atomic mass is 35.5. The molecule has 1 aromatic carbocycles. The third kappa shape index (κ3) is 5.34. The summed E-state index contributed by atoms with van der Waals surface area (Å²) in [5.41, 5.74) is 5.86. The zero-order valence-corrected chi connectivity index (χ0v) is 18.0. The Morgan fingerprint density at radius 2 is 1.79 bits per heavy atom. The predicted molar refractivity (Wildman–Crippen MR) is 115 cm³/mol. The molecule has 2 aliphatic carbocycles. The Morgan fingerprint density at radius 1 is 1.10 bits per heavy atom. The molecule has 2 aliphatic rings. The number of benzene rings is 1. The van der Waals surface area contributed by atoms with Crippen molar-refractivity contribution in [3.63, 3.8) is 0 Å². The normalized spacial score (nSPS) is 22.4. The first-order chi connectivity index (χ1) is 13.5. The topological polar surface area (TPSA) is 103 Å². The molecule has 1 aromatic rings. The molecule has 0 aliphatic heterocycles. The van der Waals surface area contributed by atoms with E-state index in [2.05, 4.69) is 10.6 Å². The number of nitrogens with two attached hydrogens (primary N) is 1. The maximum Gasteiger partial charge on any atom is 0.250 e. The molecule has 2 atom stereocenters. The summed E-state index contributed by atoms with van der Waals surface area (Å²) in [4.78, 5) is 25.8. The predicted octanol–water partition coefficient (Wildman–Crippen LogP) is 3.01. The molecule has 162 valence electrons. The van der Waals surface area contributed by atoms with Gasteiger partial charge >= 0.3 is 0 Å². The van der Waals surface area contributed by atoms with Crippen LogP contribution in [0, 0.1) is 5.92 Å². The third-order valence-corrected chi connectivity index (χ3v) is 6.08. The molecule has 0 radical (unpaired) electrons. The zero-order chi connectivity index (χ0) is 20.1. The highest BCUT2D eigenvalue weighted by Crippen LogP contribution is 2.34. The van der Waals surface area contributed by atoms with Crippen LogP contribution in [0.1, 0.15) is 51.4 Å². The molecule has 0 saturated heterocycles. The van der Waals surface area contributed by atoms with Crippen LogP contribution in [0.25, 0.3) is 0 Å². The van der Waals surface area contributed by atoms with E-state index in [1.54, 1.807) is 32.4 Å². The van der Waals surface area contributed by atoms with E-state index in [1.807, 2.05) is 0 Å². The average Bonchev–Trinajstić information content (AvgIpc) is 3.31. The molecule has 2 amide bonds. The number of methoxy groups -OCH3 is 2. The van der Waals surface area contributed by atoms with Crippen LogP contribution in [-0.2, 0) is 9.59 Å². The van der Waals surface area contributed by atoms with Crippen LogP contribution < -0.4 is 25.8 Å². The lowest BCUT2D eigenvalue weighted by Gasteiger charge is -2.30. The lowest BCUT2D eigenvalue weighted by atomic mass is 9.94. The Morgan fingerprint density at radius 3 is 2.38 bits per heavy atom. The van der Waals surface area contributed by atoms with Gasteiger partial charge in [-0.15, -0.1) is 12.4 Å². The maximum absolute atomic E-state index is 13.1. The minimum atomic E-state index is -0.854. The molecule has 2 saturated carbocycles. The molecule has 4 N–H and O–H groups in total. The van der Waals surface area contributed by atoms with Gasteiger partial charge in [0.15, 0.2) is 11.5 Å². The van der Waals surface area contributed by atoms with Crippen LogP contribution in [-0.4, -0.2) is 37.6 Å². The highest BCUT2D eigenvalue weighted by Gasteiger charge is 2.43. The fourth-order valence-corrected chi connectivity index (χ4v) is 4.43. The van der Waals surface area contributed by atoms with Gasteiger partial charge in [0.25, 0.3) is 0 Å². The van der Waals surface area contributed by atoms with Crippen molar-refractivity contribution in [1.82, 2.24) is 5.32 Å². The van der Waals surface area contributed by atoms with E-state index in [4.69, 9.17) is 15.2 Å². The van der Waals surface area contributed by atoms with Crippen LogP contribution in [0.3, 0.4) is 0 Å². The number of halogens is 1. The minimum Gasteiger partial charge on any atom is -0.493 e. The van der Waals surface area contributed by atoms with Gasteiger partial charge in [0.2, 0.25) is 11.8 Å². The molecule has 0 spiro atoms. The van der Waals surface area contributed by atoms with Crippen LogP contribution in [0.2, 0.25) is 0 Å². The summed E-state index contributed by atoms with van der Waals surface area (Å²) in [7, 11) is 3.12. The van der Waals surface area contributed by atoms with Gasteiger partial charge in [0.1, 0.15) is 5.54 Å². The molecule has 2 fully saturated rings. The van der Waals surface area contributed by atoms with Crippen LogP contribution in [0.15, 0.2) is 18.2 Å². The molecule has 0 heterocycles. The second kappa shape index (κ2) is 10.2. The first-order valence-electron chi connectivity index (χ1n) is 10.1. The van der Waals surface area contributed by atoms with Crippen molar-refractivity contribution in [1.29, 1.82) is 0 Å². The number of ether oxygens (including phenoxy) is 2. The second-order valence-electron chi connectivity index (χ2n) is 7.92. The molecule has 8 heteroatoms. The van der Waals surface area contributed by atoms with E-state index >= 15 is 0 Å². The van der Waals surface area contributed by atoms with Crippen LogP contribution in [0.4, 0.5) is 5.69 Å². The standard InChI is InChI=1S/C21H31N3O4.ClH/c1-27-17-9-8-15(13-18(17)28-2)23-20(26)21(10-3-4-11-21)24-19(25)12-14-6-5-7-16(14)22;/h8-9,13-14,16H,3-7,10-12,22H2,1-2H3,(H,23,26)(H,24,25);1H/t14-,16+;/m0./s1. The number of carbonyl (C=O) groups is 2. The first-order valence-corrected chi connectivity index (χ1v) is 10.1. The van der Waals surface area contributed by atoms with Crippen LogP contribution in [0.5, 0.6) is 11.5 Å². The molecular weight excluding hydrogens is 394 g/mol. The van der Waals surface area contributed by atoms with Crippen molar-refractivity contribution in [3.8, 4) is 11.5 Å². The summed E-state index contributed by atoms with van der Waals surface area (Å²) < 4.78 is 10.5. The molecule has 7 nitrogen and oxygen atoms in total. The van der Waals surface area contributed by atoms with Crippen molar-refractivity contribution in [2.75, 3.05) is 19.5 Å². The van der Waals surface area contributed by atoms with E-state index in [1.165, 1.54) is 0 Å². The molecule has 3 rings (SSSR count). The van der Waals surface area contributed by atoms with Crippen molar-refractivity contribution in [2.45, 2.75) is 62.9 Å². The molecule has 0 unspecified atom stereocenters. The van der Waals surface area contributed by atoms with Crippen LogP contribution >= 0.6 is 12.4 Å². The van der Waals surface area contributed by atoms with Gasteiger partial charge in [0, 0.05) is 24.2 Å². The number of anilines is 1. The summed E-state index contributed by atoms with van der Waals surface area (Å²) >= 11 is 0.